The molecule has 1 N–H and O–H groups in total. The van der Waals surface area contributed by atoms with Crippen LogP contribution in [0.15, 0.2) is 47.4 Å². The highest BCUT2D eigenvalue weighted by molar-refractivity contribution is 7.89. The van der Waals surface area contributed by atoms with Crippen molar-refractivity contribution >= 4 is 44.3 Å². The van der Waals surface area contributed by atoms with E-state index in [-0.39, 0.29) is 28.1 Å². The second-order valence-electron chi connectivity index (χ2n) is 7.55. The number of para-hydroxylation sites is 2. The minimum atomic E-state index is -3.64. The Morgan fingerprint density at radius 3 is 2.50 bits per heavy atom. The first-order valence-corrected chi connectivity index (χ1v) is 12.1. The van der Waals surface area contributed by atoms with Crippen molar-refractivity contribution in [2.24, 2.45) is 0 Å². The van der Waals surface area contributed by atoms with E-state index in [1.165, 1.54) is 22.5 Å². The van der Waals surface area contributed by atoms with Crippen LogP contribution in [0.4, 0.5) is 5.69 Å². The summed E-state index contributed by atoms with van der Waals surface area (Å²) in [6.45, 7) is 2.41. The number of nitrogens with zero attached hydrogens (tertiary/aromatic N) is 3. The van der Waals surface area contributed by atoms with Gasteiger partial charge in [0, 0.05) is 13.1 Å². The summed E-state index contributed by atoms with van der Waals surface area (Å²) in [6.07, 6.45) is 2.70. The fraction of sp³-hybridized carbons (Fsp3) is 0.318. The molecule has 1 fully saturated rings. The SMILES string of the molecule is Cc1nc2ccccc2nc1OCC(=O)Nc1cc(S(=O)(=O)N2CCCCC2)ccc1Cl. The highest BCUT2D eigenvalue weighted by Gasteiger charge is 2.26. The standard InChI is InChI=1S/C22H23ClN4O4S/c1-15-22(26-19-8-4-3-7-18(19)24-15)31-14-21(28)25-20-13-16(9-10-17(20)23)32(29,30)27-11-5-2-6-12-27/h3-4,7-10,13H,2,5-6,11-12,14H2,1H3,(H,25,28). The Balaban J connectivity index is 1.46. The summed E-state index contributed by atoms with van der Waals surface area (Å²) in [7, 11) is -3.64. The highest BCUT2D eigenvalue weighted by atomic mass is 35.5. The van der Waals surface area contributed by atoms with Crippen molar-refractivity contribution in [2.45, 2.75) is 31.1 Å². The van der Waals surface area contributed by atoms with E-state index in [2.05, 4.69) is 15.3 Å². The molecule has 1 aliphatic rings. The van der Waals surface area contributed by atoms with Crippen LogP contribution in [0.5, 0.6) is 5.88 Å². The molecule has 168 valence electrons. The zero-order valence-corrected chi connectivity index (χ0v) is 19.1. The molecule has 0 aliphatic carbocycles. The molecule has 10 heteroatoms. The number of piperidine rings is 1. The first kappa shape index (κ1) is 22.4. The van der Waals surface area contributed by atoms with Crippen molar-refractivity contribution in [3.63, 3.8) is 0 Å². The number of amides is 1. The van der Waals surface area contributed by atoms with Crippen LogP contribution in [0.2, 0.25) is 5.02 Å². The van der Waals surface area contributed by atoms with E-state index in [0.29, 0.717) is 24.3 Å². The van der Waals surface area contributed by atoms with Gasteiger partial charge in [-0.2, -0.15) is 4.31 Å². The Labute approximate surface area is 191 Å². The second kappa shape index (κ2) is 9.40. The molecule has 4 rings (SSSR count). The van der Waals surface area contributed by atoms with Crippen molar-refractivity contribution in [1.29, 1.82) is 0 Å². The lowest BCUT2D eigenvalue weighted by Gasteiger charge is -2.26. The third kappa shape index (κ3) is 4.85. The summed E-state index contributed by atoms with van der Waals surface area (Å²) in [5, 5.41) is 2.86. The zero-order chi connectivity index (χ0) is 22.7. The number of aryl methyl sites for hydroxylation is 1. The average molecular weight is 475 g/mol. The van der Waals surface area contributed by atoms with Gasteiger partial charge in [-0.25, -0.2) is 18.4 Å². The third-order valence-corrected chi connectivity index (χ3v) is 7.43. The lowest BCUT2D eigenvalue weighted by molar-refractivity contribution is -0.118. The molecule has 0 unspecified atom stereocenters. The number of benzene rings is 2. The van der Waals surface area contributed by atoms with Crippen LogP contribution >= 0.6 is 11.6 Å². The number of hydrogen-bond acceptors (Lipinski definition) is 6. The van der Waals surface area contributed by atoms with Crippen LogP contribution in [0, 0.1) is 6.92 Å². The molecule has 0 radical (unpaired) electrons. The summed E-state index contributed by atoms with van der Waals surface area (Å²) in [5.41, 5.74) is 2.16. The fourth-order valence-electron chi connectivity index (χ4n) is 3.54. The van der Waals surface area contributed by atoms with Gasteiger partial charge in [-0.3, -0.25) is 4.79 Å². The maximum absolute atomic E-state index is 12.9. The number of aromatic nitrogens is 2. The molecule has 2 heterocycles. The molecule has 1 saturated heterocycles. The van der Waals surface area contributed by atoms with Crippen molar-refractivity contribution in [1.82, 2.24) is 14.3 Å². The number of carbonyl (C=O) groups is 1. The predicted octanol–water partition coefficient (Wildman–Crippen LogP) is 3.78. The van der Waals surface area contributed by atoms with Crippen LogP contribution < -0.4 is 10.1 Å². The Morgan fingerprint density at radius 1 is 1.09 bits per heavy atom. The molecule has 1 aliphatic heterocycles. The Bertz CT molecular complexity index is 1260. The van der Waals surface area contributed by atoms with Gasteiger partial charge >= 0.3 is 0 Å². The summed E-state index contributed by atoms with van der Waals surface area (Å²) in [4.78, 5) is 21.4. The molecule has 32 heavy (non-hydrogen) atoms. The van der Waals surface area contributed by atoms with E-state index in [4.69, 9.17) is 16.3 Å². The number of carbonyl (C=O) groups excluding carboxylic acids is 1. The van der Waals surface area contributed by atoms with Crippen LogP contribution in [-0.4, -0.2) is 48.3 Å². The van der Waals surface area contributed by atoms with Crippen LogP contribution in [0.1, 0.15) is 25.0 Å². The van der Waals surface area contributed by atoms with Crippen molar-refractivity contribution in [2.75, 3.05) is 25.0 Å². The van der Waals surface area contributed by atoms with E-state index in [0.717, 1.165) is 24.8 Å². The number of ether oxygens (including phenoxy) is 1. The molecule has 2 aromatic carbocycles. The van der Waals surface area contributed by atoms with E-state index >= 15 is 0 Å². The van der Waals surface area contributed by atoms with E-state index in [9.17, 15) is 13.2 Å². The normalized spacial score (nSPS) is 14.9. The molecule has 0 atom stereocenters. The highest BCUT2D eigenvalue weighted by Crippen LogP contribution is 2.28. The molecule has 1 aromatic heterocycles. The largest absolute Gasteiger partial charge is 0.466 e. The van der Waals surface area contributed by atoms with Gasteiger partial charge in [0.25, 0.3) is 5.91 Å². The van der Waals surface area contributed by atoms with Gasteiger partial charge in [0.05, 0.1) is 26.6 Å². The number of fused-ring (bicyclic) bond motifs is 1. The van der Waals surface area contributed by atoms with Gasteiger partial charge in [-0.05, 0) is 50.1 Å². The third-order valence-electron chi connectivity index (χ3n) is 5.21. The number of sulfonamides is 1. The first-order valence-electron chi connectivity index (χ1n) is 10.3. The maximum Gasteiger partial charge on any atom is 0.262 e. The van der Waals surface area contributed by atoms with Gasteiger partial charge in [0.2, 0.25) is 15.9 Å². The molecule has 0 spiro atoms. The monoisotopic (exact) mass is 474 g/mol. The van der Waals surface area contributed by atoms with E-state index in [1.54, 1.807) is 6.92 Å². The van der Waals surface area contributed by atoms with E-state index < -0.39 is 15.9 Å². The number of nitrogens with one attached hydrogen (secondary N) is 1. The number of anilines is 1. The maximum atomic E-state index is 12.9. The molecule has 3 aromatic rings. The quantitative estimate of drug-likeness (QED) is 0.583. The smallest absolute Gasteiger partial charge is 0.262 e. The second-order valence-corrected chi connectivity index (χ2v) is 9.89. The van der Waals surface area contributed by atoms with Gasteiger partial charge in [0.1, 0.15) is 5.69 Å². The minimum absolute atomic E-state index is 0.0938. The van der Waals surface area contributed by atoms with Crippen molar-refractivity contribution in [3.05, 3.63) is 53.2 Å². The predicted molar refractivity (Wildman–Crippen MR) is 122 cm³/mol. The molecule has 1 amide bonds. The summed E-state index contributed by atoms with van der Waals surface area (Å²) in [6, 6.07) is 11.7. The summed E-state index contributed by atoms with van der Waals surface area (Å²) in [5.74, 6) is -0.236. The fourth-order valence-corrected chi connectivity index (χ4v) is 5.25. The Morgan fingerprint density at radius 2 is 1.78 bits per heavy atom. The van der Waals surface area contributed by atoms with Crippen LogP contribution in [-0.2, 0) is 14.8 Å². The molecule has 0 saturated carbocycles. The van der Waals surface area contributed by atoms with Crippen molar-refractivity contribution < 1.29 is 17.9 Å². The minimum Gasteiger partial charge on any atom is -0.466 e. The summed E-state index contributed by atoms with van der Waals surface area (Å²) >= 11 is 6.20. The lowest BCUT2D eigenvalue weighted by atomic mass is 10.2. The van der Waals surface area contributed by atoms with Crippen molar-refractivity contribution in [3.8, 4) is 5.88 Å². The Hall–Kier alpha value is -2.75. The van der Waals surface area contributed by atoms with Crippen LogP contribution in [0.3, 0.4) is 0 Å². The zero-order valence-electron chi connectivity index (χ0n) is 17.5. The topological polar surface area (TPSA) is 101 Å². The molecule has 0 bridgehead atoms. The number of halogens is 1. The molecule has 8 nitrogen and oxygen atoms in total. The number of hydrogen-bond donors (Lipinski definition) is 1. The molecular formula is C22H23ClN4O4S. The molecular weight excluding hydrogens is 452 g/mol. The first-order chi connectivity index (χ1) is 15.3. The van der Waals surface area contributed by atoms with Crippen LogP contribution in [0.25, 0.3) is 11.0 Å². The lowest BCUT2D eigenvalue weighted by Crippen LogP contribution is -2.35. The summed E-state index contributed by atoms with van der Waals surface area (Å²) < 4.78 is 32.9. The van der Waals surface area contributed by atoms with Gasteiger partial charge < -0.3 is 10.1 Å². The Kier molecular flexibility index (Phi) is 6.59. The van der Waals surface area contributed by atoms with Gasteiger partial charge in [-0.15, -0.1) is 0 Å². The van der Waals surface area contributed by atoms with E-state index in [1.807, 2.05) is 24.3 Å². The van der Waals surface area contributed by atoms with Gasteiger partial charge in [0.15, 0.2) is 6.61 Å². The average Bonchev–Trinajstić information content (AvgIpc) is 2.79. The van der Waals surface area contributed by atoms with Gasteiger partial charge in [-0.1, -0.05) is 30.2 Å². The number of rotatable bonds is 6.